The van der Waals surface area contributed by atoms with E-state index in [-0.39, 0.29) is 11.2 Å². The highest BCUT2D eigenvalue weighted by molar-refractivity contribution is 8.00. The minimum Gasteiger partial charge on any atom is -0.310 e. The lowest BCUT2D eigenvalue weighted by Crippen LogP contribution is -2.28. The highest BCUT2D eigenvalue weighted by Gasteiger charge is 2.34. The van der Waals surface area contributed by atoms with Crippen molar-refractivity contribution in [1.29, 1.82) is 0 Å². The highest BCUT2D eigenvalue weighted by Crippen LogP contribution is 2.35. The van der Waals surface area contributed by atoms with E-state index in [1.54, 1.807) is 23.1 Å². The van der Waals surface area contributed by atoms with Crippen molar-refractivity contribution in [1.82, 2.24) is 15.2 Å². The fourth-order valence-electron chi connectivity index (χ4n) is 2.09. The Labute approximate surface area is 129 Å². The summed E-state index contributed by atoms with van der Waals surface area (Å²) in [6.45, 7) is 0.631. The van der Waals surface area contributed by atoms with Crippen LogP contribution in [0.2, 0.25) is 10.0 Å². The van der Waals surface area contributed by atoms with Crippen LogP contribution >= 0.6 is 35.0 Å². The van der Waals surface area contributed by atoms with Crippen molar-refractivity contribution in [2.24, 2.45) is 0 Å². The van der Waals surface area contributed by atoms with Crippen LogP contribution in [0.5, 0.6) is 0 Å². The van der Waals surface area contributed by atoms with Crippen molar-refractivity contribution >= 4 is 46.6 Å². The number of hydrogen-bond donors (Lipinski definition) is 1. The van der Waals surface area contributed by atoms with Crippen molar-refractivity contribution in [3.63, 3.8) is 0 Å². The van der Waals surface area contributed by atoms with Crippen LogP contribution in [0.1, 0.15) is 6.42 Å². The van der Waals surface area contributed by atoms with Gasteiger partial charge in [0.2, 0.25) is 5.91 Å². The van der Waals surface area contributed by atoms with Crippen LogP contribution in [-0.2, 0) is 4.79 Å². The van der Waals surface area contributed by atoms with Gasteiger partial charge in [-0.1, -0.05) is 35.0 Å². The molecule has 1 aromatic heterocycles. The Morgan fingerprint density at radius 2 is 2.25 bits per heavy atom. The number of amides is 1. The molecule has 0 unspecified atom stereocenters. The average molecular weight is 329 g/mol. The average Bonchev–Trinajstić information content (AvgIpc) is 3.03. The maximum atomic E-state index is 12.4. The molecule has 20 heavy (non-hydrogen) atoms. The first-order valence-electron chi connectivity index (χ1n) is 5.93. The number of H-pyrrole nitrogens is 1. The number of aromatic amines is 1. The van der Waals surface area contributed by atoms with Gasteiger partial charge in [-0.3, -0.25) is 9.89 Å². The molecule has 1 aliphatic rings. The molecule has 8 heteroatoms. The Bertz CT molecular complexity index is 634. The van der Waals surface area contributed by atoms with Crippen LogP contribution < -0.4 is 4.90 Å². The normalized spacial score (nSPS) is 18.8. The molecule has 1 saturated heterocycles. The number of aromatic nitrogens is 3. The van der Waals surface area contributed by atoms with Gasteiger partial charge in [0, 0.05) is 11.6 Å². The molecule has 1 fully saturated rings. The topological polar surface area (TPSA) is 61.9 Å². The molecule has 0 spiro atoms. The Kier molecular flexibility index (Phi) is 3.87. The van der Waals surface area contributed by atoms with Gasteiger partial charge in [0.25, 0.3) is 0 Å². The predicted octanol–water partition coefficient (Wildman–Crippen LogP) is 3.01. The lowest BCUT2D eigenvalue weighted by atomic mass is 10.3. The van der Waals surface area contributed by atoms with Crippen molar-refractivity contribution in [2.45, 2.75) is 16.8 Å². The first-order valence-corrected chi connectivity index (χ1v) is 7.57. The third-order valence-corrected chi connectivity index (χ3v) is 4.68. The van der Waals surface area contributed by atoms with E-state index in [2.05, 4.69) is 15.2 Å². The molecule has 1 N–H and O–H groups in total. The second kappa shape index (κ2) is 5.63. The molecular weight excluding hydrogens is 319 g/mol. The summed E-state index contributed by atoms with van der Waals surface area (Å²) in [6, 6.07) is 5.14. The fourth-order valence-corrected chi connectivity index (χ4v) is 3.53. The summed E-state index contributed by atoms with van der Waals surface area (Å²) in [7, 11) is 0. The van der Waals surface area contributed by atoms with Crippen molar-refractivity contribution in [2.75, 3.05) is 11.4 Å². The molecule has 5 nitrogen and oxygen atoms in total. The summed E-state index contributed by atoms with van der Waals surface area (Å²) < 4.78 is 0. The van der Waals surface area contributed by atoms with Crippen molar-refractivity contribution in [3.8, 4) is 0 Å². The number of halogens is 2. The Morgan fingerprint density at radius 3 is 2.95 bits per heavy atom. The molecule has 2 aromatic rings. The molecule has 3 rings (SSSR count). The zero-order chi connectivity index (χ0) is 14.1. The number of rotatable bonds is 3. The molecule has 0 bridgehead atoms. The van der Waals surface area contributed by atoms with Crippen LogP contribution in [0.4, 0.5) is 5.69 Å². The third kappa shape index (κ3) is 2.63. The quantitative estimate of drug-likeness (QED) is 0.940. The Hall–Kier alpha value is -1.24. The van der Waals surface area contributed by atoms with Gasteiger partial charge in [-0.15, -0.1) is 0 Å². The summed E-state index contributed by atoms with van der Waals surface area (Å²) in [5.41, 5.74) is 0.696. The van der Waals surface area contributed by atoms with E-state index in [4.69, 9.17) is 23.2 Å². The maximum absolute atomic E-state index is 12.4. The fraction of sp³-hybridized carbons (Fsp3) is 0.250. The van der Waals surface area contributed by atoms with E-state index < -0.39 is 0 Å². The largest absolute Gasteiger partial charge is 0.310 e. The monoisotopic (exact) mass is 328 g/mol. The van der Waals surface area contributed by atoms with Crippen LogP contribution in [0.25, 0.3) is 0 Å². The van der Waals surface area contributed by atoms with E-state index in [9.17, 15) is 4.79 Å². The van der Waals surface area contributed by atoms with Gasteiger partial charge in [-0.2, -0.15) is 5.10 Å². The predicted molar refractivity (Wildman–Crippen MR) is 79.5 cm³/mol. The molecule has 1 aliphatic heterocycles. The first kappa shape index (κ1) is 13.7. The minimum atomic E-state index is -0.172. The SMILES string of the molecule is O=C1[C@H](Sc2ncn[nH]2)CCN1c1ccc(Cl)cc1Cl. The smallest absolute Gasteiger partial charge is 0.240 e. The summed E-state index contributed by atoms with van der Waals surface area (Å²) in [6.07, 6.45) is 2.17. The standard InChI is InChI=1S/C12H10Cl2N4OS/c13-7-1-2-9(8(14)5-7)18-4-3-10(11(18)19)20-12-15-6-16-17-12/h1-2,5-6,10H,3-4H2,(H,15,16,17)/t10-/m1/s1. The summed E-state index contributed by atoms with van der Waals surface area (Å²) in [4.78, 5) is 18.1. The van der Waals surface area contributed by atoms with Gasteiger partial charge in [-0.25, -0.2) is 4.98 Å². The lowest BCUT2D eigenvalue weighted by molar-refractivity contribution is -0.116. The third-order valence-electron chi connectivity index (χ3n) is 3.00. The Balaban J connectivity index is 1.78. The first-order chi connectivity index (χ1) is 9.65. The van der Waals surface area contributed by atoms with Gasteiger partial charge in [0.05, 0.1) is 16.0 Å². The molecule has 1 amide bonds. The van der Waals surface area contributed by atoms with Crippen LogP contribution in [-0.4, -0.2) is 32.9 Å². The number of benzene rings is 1. The van der Waals surface area contributed by atoms with Gasteiger partial charge in [0.15, 0.2) is 5.16 Å². The van der Waals surface area contributed by atoms with E-state index >= 15 is 0 Å². The second-order valence-corrected chi connectivity index (χ2v) is 6.31. The summed E-state index contributed by atoms with van der Waals surface area (Å²) in [5.74, 6) is 0.0237. The summed E-state index contributed by atoms with van der Waals surface area (Å²) >= 11 is 13.4. The van der Waals surface area contributed by atoms with Crippen molar-refractivity contribution < 1.29 is 4.79 Å². The second-order valence-electron chi connectivity index (χ2n) is 4.27. The van der Waals surface area contributed by atoms with E-state index in [1.807, 2.05) is 0 Å². The molecule has 0 saturated carbocycles. The molecule has 0 aliphatic carbocycles. The Morgan fingerprint density at radius 1 is 1.40 bits per heavy atom. The number of anilines is 1. The molecule has 2 heterocycles. The number of thioether (sulfide) groups is 1. The van der Waals surface area contributed by atoms with Gasteiger partial charge in [0.1, 0.15) is 6.33 Å². The van der Waals surface area contributed by atoms with E-state index in [0.29, 0.717) is 27.4 Å². The zero-order valence-electron chi connectivity index (χ0n) is 10.2. The van der Waals surface area contributed by atoms with E-state index in [1.165, 1.54) is 18.1 Å². The number of hydrogen-bond acceptors (Lipinski definition) is 4. The van der Waals surface area contributed by atoms with E-state index in [0.717, 1.165) is 6.42 Å². The summed E-state index contributed by atoms with van der Waals surface area (Å²) in [5, 5.41) is 8.03. The minimum absolute atomic E-state index is 0.0237. The molecule has 1 aromatic carbocycles. The number of carbonyl (C=O) groups is 1. The van der Waals surface area contributed by atoms with Crippen molar-refractivity contribution in [3.05, 3.63) is 34.6 Å². The molecule has 1 atom stereocenters. The number of nitrogens with one attached hydrogen (secondary N) is 1. The van der Waals surface area contributed by atoms with Crippen LogP contribution in [0.15, 0.2) is 29.7 Å². The zero-order valence-corrected chi connectivity index (χ0v) is 12.5. The number of nitrogens with zero attached hydrogens (tertiary/aromatic N) is 3. The highest BCUT2D eigenvalue weighted by atomic mass is 35.5. The molecule has 0 radical (unpaired) electrons. The molecule has 104 valence electrons. The lowest BCUT2D eigenvalue weighted by Gasteiger charge is -2.18. The van der Waals surface area contributed by atoms with Crippen LogP contribution in [0, 0.1) is 0 Å². The molecular formula is C12H10Cl2N4OS. The van der Waals surface area contributed by atoms with Gasteiger partial charge >= 0.3 is 0 Å². The van der Waals surface area contributed by atoms with Gasteiger partial charge in [-0.05, 0) is 24.6 Å². The van der Waals surface area contributed by atoms with Gasteiger partial charge < -0.3 is 4.90 Å². The maximum Gasteiger partial charge on any atom is 0.240 e. The van der Waals surface area contributed by atoms with Crippen LogP contribution in [0.3, 0.4) is 0 Å². The number of carbonyl (C=O) groups excluding carboxylic acids is 1.